The van der Waals surface area contributed by atoms with E-state index in [9.17, 15) is 16.8 Å². The van der Waals surface area contributed by atoms with Gasteiger partial charge in [0, 0.05) is 11.6 Å². The van der Waals surface area contributed by atoms with Gasteiger partial charge in [-0.2, -0.15) is 8.42 Å². The Morgan fingerprint density at radius 1 is 0.944 bits per heavy atom. The third-order valence-electron chi connectivity index (χ3n) is 5.71. The molecular formula is C23H26N2O9S2. The van der Waals surface area contributed by atoms with Gasteiger partial charge in [0.15, 0.2) is 0 Å². The molecule has 4 rings (SSSR count). The SMILES string of the molecule is CN1CCC(c2cn(S(C)(=O)=O)c3ccc(OS(=O)(=O)c4ccccc4)cc23)CC1.O=C(O)C(=O)O. The number of rotatable bonds is 5. The minimum Gasteiger partial charge on any atom is -0.473 e. The predicted molar refractivity (Wildman–Crippen MR) is 131 cm³/mol. The number of hydrogen-bond donors (Lipinski definition) is 2. The van der Waals surface area contributed by atoms with Crippen molar-refractivity contribution in [2.45, 2.75) is 23.7 Å². The summed E-state index contributed by atoms with van der Waals surface area (Å²) in [5, 5.41) is 15.5. The van der Waals surface area contributed by atoms with E-state index in [1.807, 2.05) is 0 Å². The van der Waals surface area contributed by atoms with Crippen LogP contribution in [0.1, 0.15) is 24.3 Å². The first-order valence-electron chi connectivity index (χ1n) is 10.8. The van der Waals surface area contributed by atoms with Crippen LogP contribution in [0.4, 0.5) is 0 Å². The lowest BCUT2D eigenvalue weighted by molar-refractivity contribution is -0.159. The maximum absolute atomic E-state index is 12.6. The number of nitrogens with zero attached hydrogens (tertiary/aromatic N) is 2. The molecule has 0 aliphatic carbocycles. The van der Waals surface area contributed by atoms with Crippen molar-refractivity contribution < 1.29 is 40.8 Å². The van der Waals surface area contributed by atoms with Crippen LogP contribution < -0.4 is 4.18 Å². The third-order valence-corrected chi connectivity index (χ3v) is 7.99. The molecule has 13 heteroatoms. The number of benzene rings is 2. The Labute approximate surface area is 208 Å². The summed E-state index contributed by atoms with van der Waals surface area (Å²) in [7, 11) is -5.42. The second kappa shape index (κ2) is 10.7. The number of carboxylic acids is 2. The summed E-state index contributed by atoms with van der Waals surface area (Å²) >= 11 is 0. The summed E-state index contributed by atoms with van der Waals surface area (Å²) in [6, 6.07) is 12.6. The van der Waals surface area contributed by atoms with Gasteiger partial charge in [0.25, 0.3) is 0 Å². The molecule has 2 heterocycles. The van der Waals surface area contributed by atoms with Crippen molar-refractivity contribution in [2.75, 3.05) is 26.4 Å². The Morgan fingerprint density at radius 3 is 2.06 bits per heavy atom. The highest BCUT2D eigenvalue weighted by Gasteiger charge is 2.25. The molecule has 0 bridgehead atoms. The van der Waals surface area contributed by atoms with Crippen molar-refractivity contribution in [1.29, 1.82) is 0 Å². The van der Waals surface area contributed by atoms with Crippen LogP contribution in [0, 0.1) is 0 Å². The lowest BCUT2D eigenvalue weighted by Crippen LogP contribution is -2.29. The smallest absolute Gasteiger partial charge is 0.414 e. The fraction of sp³-hybridized carbons (Fsp3) is 0.304. The maximum Gasteiger partial charge on any atom is 0.414 e. The average Bonchev–Trinajstić information content (AvgIpc) is 3.20. The van der Waals surface area contributed by atoms with Crippen LogP contribution in [0.15, 0.2) is 59.6 Å². The first-order chi connectivity index (χ1) is 16.8. The number of hydrogen-bond acceptors (Lipinski definition) is 8. The summed E-state index contributed by atoms with van der Waals surface area (Å²) in [5.74, 6) is -3.29. The van der Waals surface area contributed by atoms with Crippen LogP contribution in [0.3, 0.4) is 0 Å². The molecule has 194 valence electrons. The van der Waals surface area contributed by atoms with Gasteiger partial charge in [-0.15, -0.1) is 0 Å². The minimum atomic E-state index is -3.98. The lowest BCUT2D eigenvalue weighted by atomic mass is 9.89. The third kappa shape index (κ3) is 6.42. The molecule has 1 aliphatic heterocycles. The molecule has 0 spiro atoms. The maximum atomic E-state index is 12.6. The number of aromatic nitrogens is 1. The topological polar surface area (TPSA) is 160 Å². The zero-order valence-electron chi connectivity index (χ0n) is 19.6. The van der Waals surface area contributed by atoms with E-state index >= 15 is 0 Å². The van der Waals surface area contributed by atoms with Gasteiger partial charge in [-0.25, -0.2) is 22.0 Å². The Hall–Kier alpha value is -3.42. The van der Waals surface area contributed by atoms with Crippen molar-refractivity contribution >= 4 is 43.0 Å². The standard InChI is InChI=1S/C21H24N2O5S2.C2H2O4/c1-22-12-10-16(11-13-22)20-15-23(29(2,24)25)21-9-8-17(14-19(20)21)28-30(26,27)18-6-4-3-5-7-18;3-1(4)2(5)6/h3-9,14-16H,10-13H2,1-2H3;(H,3,4)(H,5,6). The highest BCUT2D eigenvalue weighted by atomic mass is 32.2. The molecule has 1 aromatic heterocycles. The van der Waals surface area contributed by atoms with Gasteiger partial charge in [0.2, 0.25) is 10.0 Å². The van der Waals surface area contributed by atoms with E-state index in [0.717, 1.165) is 37.8 Å². The van der Waals surface area contributed by atoms with Gasteiger partial charge in [-0.05, 0) is 74.8 Å². The second-order valence-corrected chi connectivity index (χ2v) is 11.8. The van der Waals surface area contributed by atoms with E-state index in [4.69, 9.17) is 24.0 Å². The van der Waals surface area contributed by atoms with Crippen molar-refractivity contribution in [3.63, 3.8) is 0 Å². The van der Waals surface area contributed by atoms with E-state index in [1.165, 1.54) is 22.2 Å². The molecule has 0 atom stereocenters. The van der Waals surface area contributed by atoms with Crippen LogP contribution in [0.25, 0.3) is 10.9 Å². The van der Waals surface area contributed by atoms with Gasteiger partial charge in [-0.3, -0.25) is 0 Å². The van der Waals surface area contributed by atoms with Gasteiger partial charge < -0.3 is 19.3 Å². The average molecular weight is 539 g/mol. The normalized spacial score (nSPS) is 15.2. The van der Waals surface area contributed by atoms with E-state index in [1.54, 1.807) is 36.5 Å². The van der Waals surface area contributed by atoms with E-state index < -0.39 is 32.1 Å². The molecule has 3 aromatic rings. The summed E-state index contributed by atoms with van der Waals surface area (Å²) in [6.07, 6.45) is 4.65. The Kier molecular flexibility index (Phi) is 8.06. The zero-order valence-corrected chi connectivity index (χ0v) is 21.2. The number of piperidine rings is 1. The monoisotopic (exact) mass is 538 g/mol. The second-order valence-electron chi connectivity index (χ2n) is 8.36. The Bertz CT molecular complexity index is 1460. The molecule has 2 N–H and O–H groups in total. The summed E-state index contributed by atoms with van der Waals surface area (Å²) in [5.41, 5.74) is 1.43. The number of carboxylic acid groups (broad SMARTS) is 2. The number of fused-ring (bicyclic) bond motifs is 1. The van der Waals surface area contributed by atoms with E-state index in [0.29, 0.717) is 10.9 Å². The molecule has 11 nitrogen and oxygen atoms in total. The Morgan fingerprint density at radius 2 is 1.53 bits per heavy atom. The molecule has 2 aromatic carbocycles. The molecular weight excluding hydrogens is 512 g/mol. The molecule has 36 heavy (non-hydrogen) atoms. The molecule has 1 aliphatic rings. The van der Waals surface area contributed by atoms with Gasteiger partial charge in [-0.1, -0.05) is 18.2 Å². The van der Waals surface area contributed by atoms with Crippen LogP contribution >= 0.6 is 0 Å². The molecule has 1 fully saturated rings. The van der Waals surface area contributed by atoms with Crippen molar-refractivity contribution in [2.24, 2.45) is 0 Å². The highest BCUT2D eigenvalue weighted by molar-refractivity contribution is 7.89. The van der Waals surface area contributed by atoms with Crippen molar-refractivity contribution in [1.82, 2.24) is 8.87 Å². The van der Waals surface area contributed by atoms with Crippen LogP contribution in [-0.4, -0.2) is 74.3 Å². The summed E-state index contributed by atoms with van der Waals surface area (Å²) < 4.78 is 56.5. The van der Waals surface area contributed by atoms with Gasteiger partial charge in [0.1, 0.15) is 10.6 Å². The number of aliphatic carboxylic acids is 2. The zero-order chi connectivity index (χ0) is 26.7. The minimum absolute atomic E-state index is 0.0642. The quantitative estimate of drug-likeness (QED) is 0.364. The largest absolute Gasteiger partial charge is 0.473 e. The van der Waals surface area contributed by atoms with Crippen LogP contribution in [-0.2, 0) is 29.7 Å². The summed E-state index contributed by atoms with van der Waals surface area (Å²) in [4.78, 5) is 20.5. The molecule has 0 amide bonds. The van der Waals surface area contributed by atoms with Crippen molar-refractivity contribution in [3.05, 3.63) is 60.3 Å². The first kappa shape index (κ1) is 27.2. The van der Waals surface area contributed by atoms with Crippen molar-refractivity contribution in [3.8, 4) is 5.75 Å². The predicted octanol–water partition coefficient (Wildman–Crippen LogP) is 2.18. The van der Waals surface area contributed by atoms with Gasteiger partial charge in [0.05, 0.1) is 11.8 Å². The molecule has 1 saturated heterocycles. The summed E-state index contributed by atoms with van der Waals surface area (Å²) in [6.45, 7) is 1.85. The van der Waals surface area contributed by atoms with Crippen LogP contribution in [0.2, 0.25) is 0 Å². The number of likely N-dealkylation sites (tertiary alicyclic amines) is 1. The number of carbonyl (C=O) groups is 2. The van der Waals surface area contributed by atoms with Crippen LogP contribution in [0.5, 0.6) is 5.75 Å². The fourth-order valence-corrected chi connectivity index (χ4v) is 5.70. The highest BCUT2D eigenvalue weighted by Crippen LogP contribution is 2.37. The molecule has 0 radical (unpaired) electrons. The molecule has 0 saturated carbocycles. The fourth-order valence-electron chi connectivity index (χ4n) is 3.94. The van der Waals surface area contributed by atoms with Gasteiger partial charge >= 0.3 is 22.1 Å². The lowest BCUT2D eigenvalue weighted by Gasteiger charge is -2.28. The molecule has 0 unspecified atom stereocenters. The first-order valence-corrected chi connectivity index (χ1v) is 14.0. The Balaban J connectivity index is 0.000000538. The van der Waals surface area contributed by atoms with E-state index in [-0.39, 0.29) is 16.6 Å². The van der Waals surface area contributed by atoms with E-state index in [2.05, 4.69) is 11.9 Å².